The fraction of sp³-hybridized carbons (Fsp3) is 0.385. The SMILES string of the molecule is COc1cccc2c1OCC(c1nc(C)no1)C2. The highest BCUT2D eigenvalue weighted by atomic mass is 16.5. The molecule has 18 heavy (non-hydrogen) atoms. The minimum absolute atomic E-state index is 0.116. The second-order valence-corrected chi connectivity index (χ2v) is 4.34. The van der Waals surface area contributed by atoms with E-state index < -0.39 is 0 Å². The van der Waals surface area contributed by atoms with Gasteiger partial charge in [0.15, 0.2) is 17.3 Å². The average Bonchev–Trinajstić information content (AvgIpc) is 2.84. The van der Waals surface area contributed by atoms with E-state index in [-0.39, 0.29) is 5.92 Å². The predicted molar refractivity (Wildman–Crippen MR) is 64.0 cm³/mol. The van der Waals surface area contributed by atoms with Gasteiger partial charge in [-0.2, -0.15) is 4.98 Å². The van der Waals surface area contributed by atoms with Crippen molar-refractivity contribution in [2.24, 2.45) is 0 Å². The van der Waals surface area contributed by atoms with Crippen molar-refractivity contribution in [2.45, 2.75) is 19.3 Å². The smallest absolute Gasteiger partial charge is 0.233 e. The van der Waals surface area contributed by atoms with Crippen LogP contribution >= 0.6 is 0 Å². The van der Waals surface area contributed by atoms with Crippen molar-refractivity contribution < 1.29 is 14.0 Å². The molecule has 0 aliphatic carbocycles. The Hall–Kier alpha value is -2.04. The average molecular weight is 246 g/mol. The summed E-state index contributed by atoms with van der Waals surface area (Å²) in [6.45, 7) is 2.35. The lowest BCUT2D eigenvalue weighted by Gasteiger charge is -2.24. The second-order valence-electron chi connectivity index (χ2n) is 4.34. The molecule has 94 valence electrons. The summed E-state index contributed by atoms with van der Waals surface area (Å²) < 4.78 is 16.3. The van der Waals surface area contributed by atoms with E-state index in [2.05, 4.69) is 10.1 Å². The van der Waals surface area contributed by atoms with Crippen LogP contribution in [0.3, 0.4) is 0 Å². The molecule has 0 radical (unpaired) electrons. The number of methoxy groups -OCH3 is 1. The first kappa shape index (κ1) is 11.1. The Balaban J connectivity index is 1.89. The van der Waals surface area contributed by atoms with Gasteiger partial charge in [-0.25, -0.2) is 0 Å². The third kappa shape index (κ3) is 1.81. The van der Waals surface area contributed by atoms with Crippen LogP contribution in [0.4, 0.5) is 0 Å². The topological polar surface area (TPSA) is 57.4 Å². The van der Waals surface area contributed by atoms with Crippen molar-refractivity contribution in [1.82, 2.24) is 10.1 Å². The molecule has 1 aliphatic heterocycles. The monoisotopic (exact) mass is 246 g/mol. The Kier molecular flexibility index (Phi) is 2.66. The molecule has 2 heterocycles. The number of hydrogen-bond acceptors (Lipinski definition) is 5. The van der Waals surface area contributed by atoms with E-state index in [9.17, 15) is 0 Å². The summed E-state index contributed by atoms with van der Waals surface area (Å²) in [5, 5.41) is 3.82. The molecule has 0 spiro atoms. The van der Waals surface area contributed by atoms with E-state index in [4.69, 9.17) is 14.0 Å². The third-order valence-corrected chi connectivity index (χ3v) is 3.07. The molecule has 0 N–H and O–H groups in total. The Morgan fingerprint density at radius 2 is 2.28 bits per heavy atom. The fourth-order valence-electron chi connectivity index (χ4n) is 2.19. The Morgan fingerprint density at radius 3 is 3.00 bits per heavy atom. The number of nitrogens with zero attached hydrogens (tertiary/aromatic N) is 2. The molecule has 2 aromatic rings. The molecule has 0 saturated heterocycles. The van der Waals surface area contributed by atoms with Crippen LogP contribution in [0.1, 0.15) is 23.2 Å². The van der Waals surface area contributed by atoms with Crippen molar-refractivity contribution in [3.8, 4) is 11.5 Å². The van der Waals surface area contributed by atoms with Gasteiger partial charge in [-0.1, -0.05) is 17.3 Å². The first-order valence-corrected chi connectivity index (χ1v) is 5.87. The van der Waals surface area contributed by atoms with Crippen LogP contribution in [0.15, 0.2) is 22.7 Å². The van der Waals surface area contributed by atoms with E-state index in [1.54, 1.807) is 7.11 Å². The highest BCUT2D eigenvalue weighted by molar-refractivity contribution is 5.48. The maximum absolute atomic E-state index is 5.77. The van der Waals surface area contributed by atoms with Gasteiger partial charge < -0.3 is 14.0 Å². The first-order chi connectivity index (χ1) is 8.78. The van der Waals surface area contributed by atoms with Crippen molar-refractivity contribution in [1.29, 1.82) is 0 Å². The molecule has 1 aliphatic rings. The minimum Gasteiger partial charge on any atom is -0.493 e. The van der Waals surface area contributed by atoms with E-state index in [1.807, 2.05) is 25.1 Å². The van der Waals surface area contributed by atoms with Crippen LogP contribution in [0.25, 0.3) is 0 Å². The summed E-state index contributed by atoms with van der Waals surface area (Å²) in [7, 11) is 1.65. The zero-order chi connectivity index (χ0) is 12.5. The number of fused-ring (bicyclic) bond motifs is 1. The van der Waals surface area contributed by atoms with Gasteiger partial charge >= 0.3 is 0 Å². The van der Waals surface area contributed by atoms with Crippen LogP contribution in [-0.2, 0) is 6.42 Å². The van der Waals surface area contributed by atoms with E-state index >= 15 is 0 Å². The highest BCUT2D eigenvalue weighted by Crippen LogP contribution is 2.38. The maximum Gasteiger partial charge on any atom is 0.233 e. The largest absolute Gasteiger partial charge is 0.493 e. The van der Waals surface area contributed by atoms with Gasteiger partial charge in [0.1, 0.15) is 6.61 Å². The quantitative estimate of drug-likeness (QED) is 0.812. The van der Waals surface area contributed by atoms with Gasteiger partial charge in [-0.05, 0) is 25.0 Å². The van der Waals surface area contributed by atoms with Crippen LogP contribution in [0, 0.1) is 6.92 Å². The zero-order valence-electron chi connectivity index (χ0n) is 10.3. The van der Waals surface area contributed by atoms with Gasteiger partial charge in [0.25, 0.3) is 0 Å². The molecule has 1 aromatic carbocycles. The second kappa shape index (κ2) is 4.33. The molecule has 0 amide bonds. The van der Waals surface area contributed by atoms with Gasteiger partial charge in [-0.3, -0.25) is 0 Å². The van der Waals surface area contributed by atoms with Crippen molar-refractivity contribution >= 4 is 0 Å². The van der Waals surface area contributed by atoms with Crippen LogP contribution in [0.5, 0.6) is 11.5 Å². The molecule has 0 saturated carbocycles. The van der Waals surface area contributed by atoms with Gasteiger partial charge in [-0.15, -0.1) is 0 Å². The van der Waals surface area contributed by atoms with E-state index in [0.717, 1.165) is 23.5 Å². The lowest BCUT2D eigenvalue weighted by Crippen LogP contribution is -2.20. The van der Waals surface area contributed by atoms with Gasteiger partial charge in [0.05, 0.1) is 13.0 Å². The predicted octanol–water partition coefficient (Wildman–Crippen LogP) is 2.11. The highest BCUT2D eigenvalue weighted by Gasteiger charge is 2.27. The summed E-state index contributed by atoms with van der Waals surface area (Å²) in [5.41, 5.74) is 1.11. The number of hydrogen-bond donors (Lipinski definition) is 0. The van der Waals surface area contributed by atoms with Crippen molar-refractivity contribution in [3.63, 3.8) is 0 Å². The fourth-order valence-corrected chi connectivity index (χ4v) is 2.19. The maximum atomic E-state index is 5.77. The summed E-state index contributed by atoms with van der Waals surface area (Å²) >= 11 is 0. The number of rotatable bonds is 2. The molecular formula is C13H14N2O3. The Labute approximate surface area is 105 Å². The number of aryl methyl sites for hydroxylation is 1. The Morgan fingerprint density at radius 1 is 1.39 bits per heavy atom. The summed E-state index contributed by atoms with van der Waals surface area (Å²) in [4.78, 5) is 4.26. The zero-order valence-corrected chi connectivity index (χ0v) is 10.3. The van der Waals surface area contributed by atoms with Crippen LogP contribution < -0.4 is 9.47 Å². The molecule has 0 bridgehead atoms. The standard InChI is InChI=1S/C13H14N2O3/c1-8-14-13(18-15-8)10-6-9-4-3-5-11(16-2)12(9)17-7-10/h3-5,10H,6-7H2,1-2H3. The van der Waals surface area contributed by atoms with Gasteiger partial charge in [0.2, 0.25) is 5.89 Å². The molecular weight excluding hydrogens is 232 g/mol. The molecule has 1 unspecified atom stereocenters. The molecule has 3 rings (SSSR count). The lowest BCUT2D eigenvalue weighted by molar-refractivity contribution is 0.220. The Bertz CT molecular complexity index is 565. The number of benzene rings is 1. The summed E-state index contributed by atoms with van der Waals surface area (Å²) in [6.07, 6.45) is 0.828. The minimum atomic E-state index is 0.116. The van der Waals surface area contributed by atoms with Crippen molar-refractivity contribution in [2.75, 3.05) is 13.7 Å². The number of aromatic nitrogens is 2. The molecule has 1 aromatic heterocycles. The molecule has 5 heteroatoms. The molecule has 1 atom stereocenters. The normalized spacial score (nSPS) is 18.0. The lowest BCUT2D eigenvalue weighted by atomic mass is 9.96. The molecule has 5 nitrogen and oxygen atoms in total. The summed E-state index contributed by atoms with van der Waals surface area (Å²) in [5.74, 6) is 3.01. The van der Waals surface area contributed by atoms with Gasteiger partial charge in [0, 0.05) is 0 Å². The van der Waals surface area contributed by atoms with Crippen LogP contribution in [-0.4, -0.2) is 23.9 Å². The van der Waals surface area contributed by atoms with E-state index in [1.165, 1.54) is 0 Å². The first-order valence-electron chi connectivity index (χ1n) is 5.87. The number of ether oxygens (including phenoxy) is 2. The van der Waals surface area contributed by atoms with Crippen molar-refractivity contribution in [3.05, 3.63) is 35.5 Å². The van der Waals surface area contributed by atoms with Crippen LogP contribution in [0.2, 0.25) is 0 Å². The summed E-state index contributed by atoms with van der Waals surface area (Å²) in [6, 6.07) is 5.89. The third-order valence-electron chi connectivity index (χ3n) is 3.07. The molecule has 0 fully saturated rings. The number of para-hydroxylation sites is 1. The van der Waals surface area contributed by atoms with E-state index in [0.29, 0.717) is 18.3 Å².